The van der Waals surface area contributed by atoms with Crippen LogP contribution in [-0.2, 0) is 14.2 Å². The quantitative estimate of drug-likeness (QED) is 0.865. The lowest BCUT2D eigenvalue weighted by molar-refractivity contribution is -0.300. The van der Waals surface area contributed by atoms with E-state index in [0.717, 1.165) is 0 Å². The lowest BCUT2D eigenvalue weighted by atomic mass is 10.1. The Morgan fingerprint density at radius 3 is 2.80 bits per heavy atom. The minimum atomic E-state index is -0.646. The van der Waals surface area contributed by atoms with E-state index >= 15 is 0 Å². The molecule has 0 saturated carbocycles. The van der Waals surface area contributed by atoms with Crippen molar-refractivity contribution >= 4 is 11.8 Å². The summed E-state index contributed by atoms with van der Waals surface area (Å²) >= 11 is 1.69. The Hall–Kier alpha value is -0.590. The van der Waals surface area contributed by atoms with Crippen molar-refractivity contribution < 1.29 is 19.3 Å². The molecule has 2 fully saturated rings. The molecule has 0 aromatic heterocycles. The summed E-state index contributed by atoms with van der Waals surface area (Å²) in [6.45, 7) is 4.20. The third-order valence-corrected chi connectivity index (χ3v) is 4.71. The van der Waals surface area contributed by atoms with Crippen LogP contribution in [0.4, 0.5) is 0 Å². The number of benzene rings is 1. The summed E-state index contributed by atoms with van der Waals surface area (Å²) in [5.74, 6) is 0.0644. The second kappa shape index (κ2) is 5.66. The average Bonchev–Trinajstić information content (AvgIpc) is 2.73. The van der Waals surface area contributed by atoms with E-state index in [9.17, 15) is 5.11 Å². The second-order valence-electron chi connectivity index (χ2n) is 5.62. The van der Waals surface area contributed by atoms with Crippen molar-refractivity contribution in [1.29, 1.82) is 0 Å². The van der Waals surface area contributed by atoms with Crippen molar-refractivity contribution in [3.63, 3.8) is 0 Å². The molecule has 5 heteroatoms. The van der Waals surface area contributed by atoms with Gasteiger partial charge in [-0.15, -0.1) is 11.8 Å². The molecule has 4 atom stereocenters. The minimum absolute atomic E-state index is 0.167. The molecule has 110 valence electrons. The van der Waals surface area contributed by atoms with Crippen molar-refractivity contribution in [2.75, 3.05) is 12.4 Å². The number of hydrogen-bond acceptors (Lipinski definition) is 5. The number of hydrogen-bond donors (Lipinski definition) is 1. The van der Waals surface area contributed by atoms with Gasteiger partial charge in [0.25, 0.3) is 0 Å². The van der Waals surface area contributed by atoms with E-state index < -0.39 is 11.9 Å². The van der Waals surface area contributed by atoms with E-state index in [1.165, 1.54) is 4.90 Å². The maximum atomic E-state index is 10.4. The molecule has 20 heavy (non-hydrogen) atoms. The molecule has 0 unspecified atom stereocenters. The van der Waals surface area contributed by atoms with E-state index in [-0.39, 0.29) is 18.3 Å². The van der Waals surface area contributed by atoms with E-state index in [0.29, 0.717) is 12.4 Å². The SMILES string of the molecule is CC1(C)OC[C@@H]2O[C@H](CSc3ccccc3)[C@@H](O)[C@@H]2O1. The fourth-order valence-electron chi connectivity index (χ4n) is 2.57. The monoisotopic (exact) mass is 296 g/mol. The van der Waals surface area contributed by atoms with Gasteiger partial charge in [0.15, 0.2) is 5.79 Å². The van der Waals surface area contributed by atoms with Crippen molar-refractivity contribution in [3.05, 3.63) is 30.3 Å². The summed E-state index contributed by atoms with van der Waals surface area (Å²) in [6.07, 6.45) is -1.27. The van der Waals surface area contributed by atoms with Gasteiger partial charge in [0.05, 0.1) is 12.7 Å². The van der Waals surface area contributed by atoms with Gasteiger partial charge in [-0.3, -0.25) is 0 Å². The zero-order valence-electron chi connectivity index (χ0n) is 11.7. The molecular weight excluding hydrogens is 276 g/mol. The topological polar surface area (TPSA) is 47.9 Å². The molecule has 2 heterocycles. The van der Waals surface area contributed by atoms with E-state index in [4.69, 9.17) is 14.2 Å². The smallest absolute Gasteiger partial charge is 0.163 e. The normalized spacial score (nSPS) is 35.8. The van der Waals surface area contributed by atoms with Crippen LogP contribution in [-0.4, -0.2) is 47.7 Å². The molecular formula is C15H20O4S. The van der Waals surface area contributed by atoms with Gasteiger partial charge in [-0.25, -0.2) is 0 Å². The van der Waals surface area contributed by atoms with Crippen LogP contribution in [0, 0.1) is 0 Å². The second-order valence-corrected chi connectivity index (χ2v) is 6.71. The van der Waals surface area contributed by atoms with E-state index in [2.05, 4.69) is 12.1 Å². The first-order valence-corrected chi connectivity index (χ1v) is 7.87. The summed E-state index contributed by atoms with van der Waals surface area (Å²) in [7, 11) is 0. The molecule has 0 bridgehead atoms. The third kappa shape index (κ3) is 3.02. The highest BCUT2D eigenvalue weighted by Gasteiger charge is 2.50. The maximum absolute atomic E-state index is 10.4. The summed E-state index contributed by atoms with van der Waals surface area (Å²) < 4.78 is 17.2. The van der Waals surface area contributed by atoms with Gasteiger partial charge in [0, 0.05) is 10.6 Å². The Bertz CT molecular complexity index is 450. The Morgan fingerprint density at radius 1 is 1.30 bits per heavy atom. The molecule has 1 aromatic rings. The first kappa shape index (κ1) is 14.4. The van der Waals surface area contributed by atoms with Gasteiger partial charge < -0.3 is 19.3 Å². The molecule has 0 radical (unpaired) electrons. The van der Waals surface area contributed by atoms with Crippen molar-refractivity contribution in [3.8, 4) is 0 Å². The lowest BCUT2D eigenvalue weighted by Gasteiger charge is -2.37. The Kier molecular flexibility index (Phi) is 4.06. The number of ether oxygens (including phenoxy) is 3. The van der Waals surface area contributed by atoms with Gasteiger partial charge in [0.1, 0.15) is 18.3 Å². The van der Waals surface area contributed by atoms with Crippen LogP contribution >= 0.6 is 11.8 Å². The van der Waals surface area contributed by atoms with Crippen molar-refractivity contribution in [1.82, 2.24) is 0 Å². The number of fused-ring (bicyclic) bond motifs is 1. The minimum Gasteiger partial charge on any atom is -0.388 e. The fraction of sp³-hybridized carbons (Fsp3) is 0.600. The maximum Gasteiger partial charge on any atom is 0.163 e. The van der Waals surface area contributed by atoms with Crippen molar-refractivity contribution in [2.24, 2.45) is 0 Å². The van der Waals surface area contributed by atoms with Crippen LogP contribution in [0.3, 0.4) is 0 Å². The van der Waals surface area contributed by atoms with E-state index in [1.807, 2.05) is 32.0 Å². The Morgan fingerprint density at radius 2 is 2.05 bits per heavy atom. The molecule has 1 N–H and O–H groups in total. The first-order chi connectivity index (χ1) is 9.55. The molecule has 2 saturated heterocycles. The highest BCUT2D eigenvalue weighted by Crippen LogP contribution is 2.35. The third-order valence-electron chi connectivity index (χ3n) is 3.61. The number of aliphatic hydroxyl groups is 1. The van der Waals surface area contributed by atoms with Crippen LogP contribution in [0.2, 0.25) is 0 Å². The standard InChI is InChI=1S/C15H20O4S/c1-15(2)17-8-11-14(19-15)13(16)12(18-11)9-20-10-6-4-3-5-7-10/h3-7,11-14,16H,8-9H2,1-2H3/t11-,12+,13+,14+/m0/s1. The molecule has 0 aliphatic carbocycles. The first-order valence-electron chi connectivity index (χ1n) is 6.88. The molecule has 1 aromatic carbocycles. The molecule has 3 rings (SSSR count). The summed E-state index contributed by atoms with van der Waals surface area (Å²) in [4.78, 5) is 1.18. The average molecular weight is 296 g/mol. The van der Waals surface area contributed by atoms with Gasteiger partial charge in [-0.2, -0.15) is 0 Å². The predicted octanol–water partition coefficient (Wildman–Crippen LogP) is 2.06. The Labute approximate surface area is 123 Å². The van der Waals surface area contributed by atoms with Crippen LogP contribution < -0.4 is 0 Å². The van der Waals surface area contributed by atoms with Gasteiger partial charge >= 0.3 is 0 Å². The zero-order valence-corrected chi connectivity index (χ0v) is 12.5. The van der Waals surface area contributed by atoms with Gasteiger partial charge in [0.2, 0.25) is 0 Å². The number of rotatable bonds is 3. The summed E-state index contributed by atoms with van der Waals surface area (Å²) in [6, 6.07) is 10.1. The van der Waals surface area contributed by atoms with Gasteiger partial charge in [-0.1, -0.05) is 18.2 Å². The summed E-state index contributed by atoms with van der Waals surface area (Å²) in [5.41, 5.74) is 0. The fourth-order valence-corrected chi connectivity index (χ4v) is 3.55. The summed E-state index contributed by atoms with van der Waals surface area (Å²) in [5, 5.41) is 10.4. The van der Waals surface area contributed by atoms with Crippen LogP contribution in [0.1, 0.15) is 13.8 Å². The lowest BCUT2D eigenvalue weighted by Crippen LogP contribution is -2.50. The molecule has 0 amide bonds. The molecule has 2 aliphatic heterocycles. The van der Waals surface area contributed by atoms with Crippen LogP contribution in [0.15, 0.2) is 35.2 Å². The van der Waals surface area contributed by atoms with Crippen molar-refractivity contribution in [2.45, 2.75) is 48.9 Å². The number of aliphatic hydroxyl groups excluding tert-OH is 1. The molecule has 0 spiro atoms. The van der Waals surface area contributed by atoms with Crippen LogP contribution in [0.25, 0.3) is 0 Å². The van der Waals surface area contributed by atoms with Gasteiger partial charge in [-0.05, 0) is 26.0 Å². The number of thioether (sulfide) groups is 1. The van der Waals surface area contributed by atoms with E-state index in [1.54, 1.807) is 11.8 Å². The molecule has 2 aliphatic rings. The van der Waals surface area contributed by atoms with Crippen LogP contribution in [0.5, 0.6) is 0 Å². The largest absolute Gasteiger partial charge is 0.388 e. The highest BCUT2D eigenvalue weighted by molar-refractivity contribution is 7.99. The molecule has 4 nitrogen and oxygen atoms in total. The zero-order chi connectivity index (χ0) is 14.2. The predicted molar refractivity (Wildman–Crippen MR) is 76.7 cm³/mol. The Balaban J connectivity index is 1.59. The highest BCUT2D eigenvalue weighted by atomic mass is 32.2.